The number of hydrogen-bond acceptors (Lipinski definition) is 1. The average Bonchev–Trinajstić information content (AvgIpc) is 2.71. The fourth-order valence-corrected chi connectivity index (χ4v) is 2.38. The molecule has 2 rings (SSSR count). The first-order chi connectivity index (χ1) is 6.33. The minimum absolute atomic E-state index is 0.258. The van der Waals surface area contributed by atoms with Gasteiger partial charge in [-0.25, -0.2) is 0 Å². The van der Waals surface area contributed by atoms with Crippen molar-refractivity contribution in [3.05, 3.63) is 24.0 Å². The maximum Gasteiger partial charge on any atom is 0.123 e. The Morgan fingerprint density at radius 2 is 2.38 bits per heavy atom. The molecule has 1 aliphatic rings. The molecule has 2 nitrogen and oxygen atoms in total. The van der Waals surface area contributed by atoms with Crippen LogP contribution in [0.15, 0.2) is 18.3 Å². The third-order valence-electron chi connectivity index (χ3n) is 3.11. The summed E-state index contributed by atoms with van der Waals surface area (Å²) in [6.45, 7) is 0. The molecule has 1 heterocycles. The first-order valence-electron chi connectivity index (χ1n) is 4.89. The molecule has 1 aromatic heterocycles. The van der Waals surface area contributed by atoms with Gasteiger partial charge in [0.2, 0.25) is 0 Å². The number of carbonyl (C=O) groups excluding carboxylic acids is 1. The van der Waals surface area contributed by atoms with Crippen LogP contribution in [0.25, 0.3) is 0 Å². The molecule has 70 valence electrons. The minimum atomic E-state index is 0.258. The van der Waals surface area contributed by atoms with Gasteiger partial charge >= 0.3 is 0 Å². The third kappa shape index (κ3) is 1.41. The monoisotopic (exact) mass is 177 g/mol. The highest BCUT2D eigenvalue weighted by atomic mass is 16.1. The Morgan fingerprint density at radius 1 is 1.54 bits per heavy atom. The molecule has 0 amide bonds. The van der Waals surface area contributed by atoms with Crippen LogP contribution in [0.3, 0.4) is 0 Å². The predicted molar refractivity (Wildman–Crippen MR) is 51.6 cm³/mol. The van der Waals surface area contributed by atoms with E-state index in [0.717, 1.165) is 12.7 Å². The summed E-state index contributed by atoms with van der Waals surface area (Å²) in [4.78, 5) is 10.8. The Bertz CT molecular complexity index is 303. The summed E-state index contributed by atoms with van der Waals surface area (Å²) in [6, 6.07) is 4.18. The molecule has 0 aromatic carbocycles. The van der Waals surface area contributed by atoms with E-state index < -0.39 is 0 Å². The summed E-state index contributed by atoms with van der Waals surface area (Å²) >= 11 is 0. The maximum absolute atomic E-state index is 10.8. The van der Waals surface area contributed by atoms with Crippen LogP contribution < -0.4 is 0 Å². The molecular formula is C11H15NO. The van der Waals surface area contributed by atoms with Crippen LogP contribution in [-0.4, -0.2) is 10.9 Å². The van der Waals surface area contributed by atoms with Gasteiger partial charge in [-0.05, 0) is 25.0 Å². The Balaban J connectivity index is 2.25. The molecule has 0 spiro atoms. The molecule has 1 saturated carbocycles. The second-order valence-electron chi connectivity index (χ2n) is 3.88. The summed E-state index contributed by atoms with van der Waals surface area (Å²) in [5.74, 6) is 0.728. The lowest BCUT2D eigenvalue weighted by Crippen LogP contribution is -2.10. The van der Waals surface area contributed by atoms with Crippen LogP contribution in [0.5, 0.6) is 0 Å². The van der Waals surface area contributed by atoms with E-state index >= 15 is 0 Å². The smallest absolute Gasteiger partial charge is 0.123 e. The van der Waals surface area contributed by atoms with Gasteiger partial charge in [-0.15, -0.1) is 0 Å². The zero-order valence-electron chi connectivity index (χ0n) is 7.94. The average molecular weight is 177 g/mol. The highest BCUT2D eigenvalue weighted by Crippen LogP contribution is 2.38. The van der Waals surface area contributed by atoms with E-state index in [2.05, 4.69) is 29.9 Å². The van der Waals surface area contributed by atoms with Crippen LogP contribution >= 0.6 is 0 Å². The minimum Gasteiger partial charge on any atom is -0.354 e. The topological polar surface area (TPSA) is 22.0 Å². The molecular weight excluding hydrogens is 162 g/mol. The molecule has 1 fully saturated rings. The van der Waals surface area contributed by atoms with Crippen molar-refractivity contribution in [1.82, 2.24) is 4.57 Å². The summed E-state index contributed by atoms with van der Waals surface area (Å²) in [5, 5.41) is 0. The molecule has 1 aromatic rings. The number of aryl methyl sites for hydroxylation is 1. The van der Waals surface area contributed by atoms with Crippen molar-refractivity contribution in [3.63, 3.8) is 0 Å². The van der Waals surface area contributed by atoms with Crippen molar-refractivity contribution in [2.75, 3.05) is 0 Å². The quantitative estimate of drug-likeness (QED) is 0.634. The number of aldehydes is 1. The van der Waals surface area contributed by atoms with Crippen molar-refractivity contribution in [2.45, 2.75) is 25.2 Å². The first-order valence-corrected chi connectivity index (χ1v) is 4.89. The van der Waals surface area contributed by atoms with Gasteiger partial charge in [-0.2, -0.15) is 0 Å². The van der Waals surface area contributed by atoms with Crippen molar-refractivity contribution in [3.8, 4) is 0 Å². The maximum atomic E-state index is 10.8. The molecule has 0 N–H and O–H groups in total. The van der Waals surface area contributed by atoms with E-state index in [4.69, 9.17) is 0 Å². The van der Waals surface area contributed by atoms with Gasteiger partial charge in [-0.3, -0.25) is 0 Å². The highest BCUT2D eigenvalue weighted by molar-refractivity contribution is 5.56. The standard InChI is InChI=1S/C11H15NO/c1-12-7-3-6-11(12)10-5-2-4-9(10)8-13/h3,6-10H,2,4-5H2,1H3/t9-,10-/m0/s1. The van der Waals surface area contributed by atoms with E-state index in [0.29, 0.717) is 5.92 Å². The lowest BCUT2D eigenvalue weighted by atomic mass is 9.94. The van der Waals surface area contributed by atoms with Gasteiger partial charge in [0, 0.05) is 30.8 Å². The van der Waals surface area contributed by atoms with E-state index in [-0.39, 0.29) is 5.92 Å². The van der Waals surface area contributed by atoms with Crippen LogP contribution in [0.2, 0.25) is 0 Å². The second kappa shape index (κ2) is 3.36. The van der Waals surface area contributed by atoms with Gasteiger partial charge in [0.15, 0.2) is 0 Å². The second-order valence-corrected chi connectivity index (χ2v) is 3.88. The fraction of sp³-hybridized carbons (Fsp3) is 0.545. The summed E-state index contributed by atoms with van der Waals surface area (Å²) in [7, 11) is 2.05. The largest absolute Gasteiger partial charge is 0.354 e. The number of nitrogens with zero attached hydrogens (tertiary/aromatic N) is 1. The van der Waals surface area contributed by atoms with Crippen LogP contribution in [0.4, 0.5) is 0 Å². The lowest BCUT2D eigenvalue weighted by Gasteiger charge is -2.15. The highest BCUT2D eigenvalue weighted by Gasteiger charge is 2.29. The summed E-state index contributed by atoms with van der Waals surface area (Å²) < 4.78 is 2.13. The number of rotatable bonds is 2. The Kier molecular flexibility index (Phi) is 2.21. The lowest BCUT2D eigenvalue weighted by molar-refractivity contribution is -0.111. The van der Waals surface area contributed by atoms with Gasteiger partial charge in [0.1, 0.15) is 6.29 Å². The van der Waals surface area contributed by atoms with Gasteiger partial charge in [-0.1, -0.05) is 6.42 Å². The van der Waals surface area contributed by atoms with Crippen LogP contribution in [-0.2, 0) is 11.8 Å². The summed E-state index contributed by atoms with van der Waals surface area (Å²) in [5.41, 5.74) is 1.31. The molecule has 1 aliphatic carbocycles. The van der Waals surface area contributed by atoms with E-state index in [1.165, 1.54) is 18.5 Å². The molecule has 13 heavy (non-hydrogen) atoms. The van der Waals surface area contributed by atoms with E-state index in [1.807, 2.05) is 0 Å². The van der Waals surface area contributed by atoms with E-state index in [9.17, 15) is 4.79 Å². The first kappa shape index (κ1) is 8.54. The van der Waals surface area contributed by atoms with Crippen LogP contribution in [0, 0.1) is 5.92 Å². The molecule has 0 saturated heterocycles. The van der Waals surface area contributed by atoms with Crippen molar-refractivity contribution >= 4 is 6.29 Å². The molecule has 2 heteroatoms. The fourth-order valence-electron chi connectivity index (χ4n) is 2.38. The van der Waals surface area contributed by atoms with Gasteiger partial charge < -0.3 is 9.36 Å². The molecule has 2 atom stereocenters. The zero-order chi connectivity index (χ0) is 9.26. The number of hydrogen-bond donors (Lipinski definition) is 0. The SMILES string of the molecule is Cn1cccc1[C@H]1CCC[C@H]1C=O. The normalized spacial score (nSPS) is 27.8. The van der Waals surface area contributed by atoms with E-state index in [1.54, 1.807) is 0 Å². The molecule has 0 radical (unpaired) electrons. The Morgan fingerprint density at radius 3 is 3.00 bits per heavy atom. The molecule has 0 unspecified atom stereocenters. The zero-order valence-corrected chi connectivity index (χ0v) is 7.94. The van der Waals surface area contributed by atoms with Crippen molar-refractivity contribution in [2.24, 2.45) is 13.0 Å². The Hall–Kier alpha value is -1.05. The number of aromatic nitrogens is 1. The van der Waals surface area contributed by atoms with Crippen molar-refractivity contribution < 1.29 is 4.79 Å². The predicted octanol–water partition coefficient (Wildman–Crippen LogP) is 2.11. The number of carbonyl (C=O) groups is 1. The van der Waals surface area contributed by atoms with Crippen molar-refractivity contribution in [1.29, 1.82) is 0 Å². The molecule has 0 aliphatic heterocycles. The van der Waals surface area contributed by atoms with Gasteiger partial charge in [0.25, 0.3) is 0 Å². The molecule has 0 bridgehead atoms. The van der Waals surface area contributed by atoms with Crippen LogP contribution in [0.1, 0.15) is 30.9 Å². The third-order valence-corrected chi connectivity index (χ3v) is 3.11. The summed E-state index contributed by atoms with van der Waals surface area (Å²) in [6.07, 6.45) is 6.61. The Labute approximate surface area is 78.6 Å². The van der Waals surface area contributed by atoms with Gasteiger partial charge in [0.05, 0.1) is 0 Å².